The Morgan fingerprint density at radius 2 is 1.82 bits per heavy atom. The summed E-state index contributed by atoms with van der Waals surface area (Å²) in [6, 6.07) is 20.9. The highest BCUT2D eigenvalue weighted by Gasteiger charge is 2.17. The SMILES string of the molecule is C=CCNc1nc(C(=O)OCC(=O)Nc2cc(-c3ccccc3)nn2-c2ccccc2)cs1. The van der Waals surface area contributed by atoms with Gasteiger partial charge in [0.15, 0.2) is 17.4 Å². The second-order valence-electron chi connectivity index (χ2n) is 6.86. The molecule has 4 aromatic rings. The monoisotopic (exact) mass is 459 g/mol. The Morgan fingerprint density at radius 3 is 2.55 bits per heavy atom. The summed E-state index contributed by atoms with van der Waals surface area (Å²) >= 11 is 1.27. The maximum absolute atomic E-state index is 12.6. The molecular formula is C24H21N5O3S. The molecule has 2 aromatic heterocycles. The molecule has 4 rings (SSSR count). The Balaban J connectivity index is 1.45. The lowest BCUT2D eigenvalue weighted by molar-refractivity contribution is -0.119. The van der Waals surface area contributed by atoms with Crippen molar-refractivity contribution >= 4 is 34.2 Å². The molecule has 0 fully saturated rings. The zero-order valence-corrected chi connectivity index (χ0v) is 18.4. The summed E-state index contributed by atoms with van der Waals surface area (Å²) in [7, 11) is 0. The molecule has 0 saturated heterocycles. The van der Waals surface area contributed by atoms with E-state index in [9.17, 15) is 9.59 Å². The normalized spacial score (nSPS) is 10.4. The number of thiazole rings is 1. The van der Waals surface area contributed by atoms with Gasteiger partial charge in [0.05, 0.1) is 11.4 Å². The van der Waals surface area contributed by atoms with Crippen molar-refractivity contribution in [3.8, 4) is 16.9 Å². The number of amides is 1. The Labute approximate surface area is 194 Å². The zero-order chi connectivity index (χ0) is 23.0. The van der Waals surface area contributed by atoms with E-state index >= 15 is 0 Å². The predicted molar refractivity (Wildman–Crippen MR) is 129 cm³/mol. The Morgan fingerprint density at radius 1 is 1.09 bits per heavy atom. The molecule has 0 unspecified atom stereocenters. The van der Waals surface area contributed by atoms with Gasteiger partial charge in [-0.25, -0.2) is 14.5 Å². The number of anilines is 2. The fourth-order valence-electron chi connectivity index (χ4n) is 2.98. The van der Waals surface area contributed by atoms with E-state index in [1.54, 1.807) is 22.2 Å². The summed E-state index contributed by atoms with van der Waals surface area (Å²) in [6.45, 7) is 3.70. The molecule has 2 aromatic carbocycles. The van der Waals surface area contributed by atoms with Crippen molar-refractivity contribution in [2.45, 2.75) is 0 Å². The number of ether oxygens (including phenoxy) is 1. The number of hydrogen-bond acceptors (Lipinski definition) is 7. The van der Waals surface area contributed by atoms with Gasteiger partial charge in [0, 0.05) is 23.6 Å². The van der Waals surface area contributed by atoms with Gasteiger partial charge in [-0.15, -0.1) is 17.9 Å². The van der Waals surface area contributed by atoms with Gasteiger partial charge in [-0.05, 0) is 12.1 Å². The standard InChI is InChI=1S/C24H21N5O3S/c1-2-13-25-24-26-20(16-33-24)23(31)32-15-22(30)27-21-14-19(17-9-5-3-6-10-17)28-29(21)18-11-7-4-8-12-18/h2-12,14,16H,1,13,15H2,(H,25,26)(H,27,30). The Kier molecular flexibility index (Phi) is 6.91. The maximum Gasteiger partial charge on any atom is 0.358 e. The number of benzene rings is 2. The summed E-state index contributed by atoms with van der Waals surface area (Å²) in [5.74, 6) is -0.694. The molecule has 0 aliphatic carbocycles. The highest BCUT2D eigenvalue weighted by Crippen LogP contribution is 2.24. The van der Waals surface area contributed by atoms with Gasteiger partial charge in [-0.3, -0.25) is 4.79 Å². The van der Waals surface area contributed by atoms with Crippen LogP contribution in [0, 0.1) is 0 Å². The first-order chi connectivity index (χ1) is 16.1. The average Bonchev–Trinajstić information content (AvgIpc) is 3.50. The molecule has 0 spiro atoms. The van der Waals surface area contributed by atoms with E-state index in [-0.39, 0.29) is 5.69 Å². The van der Waals surface area contributed by atoms with Crippen molar-refractivity contribution in [2.24, 2.45) is 0 Å². The van der Waals surface area contributed by atoms with E-state index in [1.165, 1.54) is 11.3 Å². The highest BCUT2D eigenvalue weighted by molar-refractivity contribution is 7.13. The van der Waals surface area contributed by atoms with E-state index in [2.05, 4.69) is 27.3 Å². The van der Waals surface area contributed by atoms with E-state index in [0.717, 1.165) is 11.3 Å². The molecule has 0 saturated carbocycles. The first-order valence-electron chi connectivity index (χ1n) is 10.1. The highest BCUT2D eigenvalue weighted by atomic mass is 32.1. The van der Waals surface area contributed by atoms with Crippen molar-refractivity contribution < 1.29 is 14.3 Å². The van der Waals surface area contributed by atoms with Crippen LogP contribution in [-0.4, -0.2) is 39.8 Å². The molecular weight excluding hydrogens is 438 g/mol. The van der Waals surface area contributed by atoms with E-state index < -0.39 is 18.5 Å². The molecule has 33 heavy (non-hydrogen) atoms. The molecule has 9 heteroatoms. The number of esters is 1. The molecule has 166 valence electrons. The summed E-state index contributed by atoms with van der Waals surface area (Å²) in [6.07, 6.45) is 1.69. The maximum atomic E-state index is 12.6. The van der Waals surface area contributed by atoms with Crippen molar-refractivity contribution in [1.29, 1.82) is 0 Å². The van der Waals surface area contributed by atoms with Crippen LogP contribution in [0.3, 0.4) is 0 Å². The van der Waals surface area contributed by atoms with Crippen molar-refractivity contribution in [2.75, 3.05) is 23.8 Å². The summed E-state index contributed by atoms with van der Waals surface area (Å²) in [5.41, 5.74) is 2.54. The van der Waals surface area contributed by atoms with Gasteiger partial charge in [0.25, 0.3) is 5.91 Å². The van der Waals surface area contributed by atoms with Crippen LogP contribution in [0.25, 0.3) is 16.9 Å². The van der Waals surface area contributed by atoms with Gasteiger partial charge in [-0.2, -0.15) is 5.10 Å². The van der Waals surface area contributed by atoms with Crippen LogP contribution in [0.15, 0.2) is 84.8 Å². The van der Waals surface area contributed by atoms with Crippen LogP contribution < -0.4 is 10.6 Å². The van der Waals surface area contributed by atoms with Gasteiger partial charge < -0.3 is 15.4 Å². The number of aromatic nitrogens is 3. The second-order valence-corrected chi connectivity index (χ2v) is 7.72. The van der Waals surface area contributed by atoms with Gasteiger partial charge in [-0.1, -0.05) is 54.6 Å². The molecule has 0 bridgehead atoms. The van der Waals surface area contributed by atoms with E-state index in [0.29, 0.717) is 23.2 Å². The molecule has 0 atom stereocenters. The average molecular weight is 460 g/mol. The quantitative estimate of drug-likeness (QED) is 0.285. The first kappa shape index (κ1) is 22.0. The molecule has 2 heterocycles. The smallest absolute Gasteiger partial charge is 0.358 e. The molecule has 2 N–H and O–H groups in total. The second kappa shape index (κ2) is 10.4. The van der Waals surface area contributed by atoms with E-state index in [4.69, 9.17) is 4.74 Å². The third kappa shape index (κ3) is 5.52. The number of carbonyl (C=O) groups excluding carboxylic acids is 2. The minimum absolute atomic E-state index is 0.139. The first-order valence-corrected chi connectivity index (χ1v) is 11.0. The number of rotatable bonds is 9. The molecule has 0 radical (unpaired) electrons. The lowest BCUT2D eigenvalue weighted by atomic mass is 10.2. The number of hydrogen-bond donors (Lipinski definition) is 2. The molecule has 0 aliphatic heterocycles. The molecule has 0 aliphatic rings. The summed E-state index contributed by atoms with van der Waals surface area (Å²) in [5, 5.41) is 12.6. The number of para-hydroxylation sites is 1. The van der Waals surface area contributed by atoms with Gasteiger partial charge in [0.2, 0.25) is 0 Å². The summed E-state index contributed by atoms with van der Waals surface area (Å²) < 4.78 is 6.77. The van der Waals surface area contributed by atoms with Gasteiger partial charge in [0.1, 0.15) is 5.82 Å². The number of nitrogens with one attached hydrogen (secondary N) is 2. The van der Waals surface area contributed by atoms with E-state index in [1.807, 2.05) is 60.7 Å². The number of nitrogens with zero attached hydrogens (tertiary/aromatic N) is 3. The molecule has 1 amide bonds. The van der Waals surface area contributed by atoms with Crippen LogP contribution >= 0.6 is 11.3 Å². The lowest BCUT2D eigenvalue weighted by Gasteiger charge is -2.09. The van der Waals surface area contributed by atoms with Crippen LogP contribution in [0.5, 0.6) is 0 Å². The van der Waals surface area contributed by atoms with Crippen molar-refractivity contribution in [1.82, 2.24) is 14.8 Å². The van der Waals surface area contributed by atoms with Crippen LogP contribution in [0.4, 0.5) is 10.9 Å². The zero-order valence-electron chi connectivity index (χ0n) is 17.6. The third-order valence-electron chi connectivity index (χ3n) is 4.49. The summed E-state index contributed by atoms with van der Waals surface area (Å²) in [4.78, 5) is 28.9. The largest absolute Gasteiger partial charge is 0.451 e. The van der Waals surface area contributed by atoms with Crippen LogP contribution in [0.1, 0.15) is 10.5 Å². The minimum atomic E-state index is -0.672. The van der Waals surface area contributed by atoms with Crippen LogP contribution in [0.2, 0.25) is 0 Å². The van der Waals surface area contributed by atoms with Crippen LogP contribution in [-0.2, 0) is 9.53 Å². The van der Waals surface area contributed by atoms with Crippen molar-refractivity contribution in [3.63, 3.8) is 0 Å². The Hall–Kier alpha value is -4.24. The Bertz CT molecular complexity index is 1250. The van der Waals surface area contributed by atoms with Crippen molar-refractivity contribution in [3.05, 3.63) is 90.5 Å². The topological polar surface area (TPSA) is 98.1 Å². The fraction of sp³-hybridized carbons (Fsp3) is 0.0833. The lowest BCUT2D eigenvalue weighted by Crippen LogP contribution is -2.22. The minimum Gasteiger partial charge on any atom is -0.451 e. The fourth-order valence-corrected chi connectivity index (χ4v) is 3.67. The third-order valence-corrected chi connectivity index (χ3v) is 5.29. The number of carbonyl (C=O) groups is 2. The van der Waals surface area contributed by atoms with Gasteiger partial charge >= 0.3 is 5.97 Å². The molecule has 8 nitrogen and oxygen atoms in total. The predicted octanol–water partition coefficient (Wildman–Crippen LogP) is 4.39.